The van der Waals surface area contributed by atoms with Crippen LogP contribution in [0.25, 0.3) is 0 Å². The van der Waals surface area contributed by atoms with E-state index in [1.807, 2.05) is 37.3 Å². The van der Waals surface area contributed by atoms with Gasteiger partial charge in [-0.2, -0.15) is 0 Å². The zero-order valence-electron chi connectivity index (χ0n) is 11.1. The molecule has 0 radical (unpaired) electrons. The second-order valence-corrected chi connectivity index (χ2v) is 5.76. The van der Waals surface area contributed by atoms with E-state index >= 15 is 0 Å². The molecule has 0 saturated carbocycles. The number of carbonyl (C=O) groups is 1. The third-order valence-corrected chi connectivity index (χ3v) is 4.39. The summed E-state index contributed by atoms with van der Waals surface area (Å²) in [5.41, 5.74) is 5.44. The van der Waals surface area contributed by atoms with Crippen LogP contribution in [0.3, 0.4) is 0 Å². The van der Waals surface area contributed by atoms with Crippen molar-refractivity contribution in [1.29, 1.82) is 0 Å². The van der Waals surface area contributed by atoms with Gasteiger partial charge in [-0.15, -0.1) is 0 Å². The van der Waals surface area contributed by atoms with Gasteiger partial charge < -0.3 is 15.2 Å². The molecule has 19 heavy (non-hydrogen) atoms. The molecule has 1 aromatic carbocycles. The lowest BCUT2D eigenvalue weighted by Gasteiger charge is -2.29. The van der Waals surface area contributed by atoms with Crippen LogP contribution in [-0.2, 0) is 20.9 Å². The zero-order chi connectivity index (χ0) is 13.5. The van der Waals surface area contributed by atoms with Gasteiger partial charge in [-0.25, -0.2) is 0 Å². The van der Waals surface area contributed by atoms with E-state index in [1.54, 1.807) is 0 Å². The van der Waals surface area contributed by atoms with Gasteiger partial charge in [0.15, 0.2) is 0 Å². The topological polar surface area (TPSA) is 61.6 Å². The molecule has 2 heterocycles. The highest BCUT2D eigenvalue weighted by Crippen LogP contribution is 2.51. The summed E-state index contributed by atoms with van der Waals surface area (Å²) >= 11 is 0. The molecule has 2 N–H and O–H groups in total. The van der Waals surface area contributed by atoms with Crippen molar-refractivity contribution in [2.24, 2.45) is 5.73 Å². The second kappa shape index (κ2) is 4.32. The largest absolute Gasteiger partial charge is 0.370 e. The molecule has 4 heteroatoms. The Morgan fingerprint density at radius 3 is 2.79 bits per heavy atom. The first-order chi connectivity index (χ1) is 9.04. The lowest BCUT2D eigenvalue weighted by molar-refractivity contribution is -0.141. The molecule has 1 amide bonds. The van der Waals surface area contributed by atoms with Crippen molar-refractivity contribution in [2.75, 3.05) is 0 Å². The van der Waals surface area contributed by atoms with E-state index in [4.69, 9.17) is 15.2 Å². The third-order valence-electron chi connectivity index (χ3n) is 4.39. The van der Waals surface area contributed by atoms with E-state index in [9.17, 15) is 4.79 Å². The predicted molar refractivity (Wildman–Crippen MR) is 70.3 cm³/mol. The maximum absolute atomic E-state index is 11.6. The summed E-state index contributed by atoms with van der Waals surface area (Å²) in [4.78, 5) is 11.6. The van der Waals surface area contributed by atoms with Crippen molar-refractivity contribution in [3.05, 3.63) is 35.9 Å². The Bertz CT molecular complexity index is 489. The average Bonchev–Trinajstić information content (AvgIpc) is 2.90. The monoisotopic (exact) mass is 261 g/mol. The maximum atomic E-state index is 11.6. The number of benzene rings is 1. The molecule has 1 aromatic rings. The molecule has 2 aliphatic rings. The number of hydrogen-bond donors (Lipinski definition) is 1. The fourth-order valence-corrected chi connectivity index (χ4v) is 3.16. The highest BCUT2D eigenvalue weighted by molar-refractivity contribution is 5.84. The van der Waals surface area contributed by atoms with Crippen LogP contribution in [0.5, 0.6) is 0 Å². The van der Waals surface area contributed by atoms with Gasteiger partial charge in [0.05, 0.1) is 18.3 Å². The third kappa shape index (κ3) is 2.05. The zero-order valence-corrected chi connectivity index (χ0v) is 11.1. The van der Waals surface area contributed by atoms with Gasteiger partial charge in [-0.3, -0.25) is 4.79 Å². The Kier molecular flexibility index (Phi) is 2.87. The molecule has 0 spiro atoms. The van der Waals surface area contributed by atoms with E-state index in [2.05, 4.69) is 0 Å². The molecule has 0 aromatic heterocycles. The summed E-state index contributed by atoms with van der Waals surface area (Å²) in [6.45, 7) is 2.56. The molecule has 2 aliphatic heterocycles. The van der Waals surface area contributed by atoms with Gasteiger partial charge in [0, 0.05) is 6.42 Å². The van der Waals surface area contributed by atoms with Crippen LogP contribution in [0.2, 0.25) is 0 Å². The standard InChI is InChI=1S/C15H19NO3/c1-14-7-8-15(19-14,13(16)17)9-12(14)18-10-11-5-3-2-4-6-11/h2-6,12H,7-10H2,1H3,(H2,16,17). The molecule has 3 unspecified atom stereocenters. The summed E-state index contributed by atoms with van der Waals surface area (Å²) in [7, 11) is 0. The summed E-state index contributed by atoms with van der Waals surface area (Å²) in [6, 6.07) is 10.0. The number of nitrogens with two attached hydrogens (primary N) is 1. The van der Waals surface area contributed by atoms with Crippen molar-refractivity contribution >= 4 is 5.91 Å². The number of amides is 1. The number of hydrogen-bond acceptors (Lipinski definition) is 3. The van der Waals surface area contributed by atoms with Crippen LogP contribution in [0, 0.1) is 0 Å². The van der Waals surface area contributed by atoms with Crippen molar-refractivity contribution in [3.63, 3.8) is 0 Å². The average molecular weight is 261 g/mol. The molecule has 2 bridgehead atoms. The Morgan fingerprint density at radius 2 is 2.16 bits per heavy atom. The molecule has 102 valence electrons. The maximum Gasteiger partial charge on any atom is 0.249 e. The lowest BCUT2D eigenvalue weighted by Crippen LogP contribution is -2.43. The Morgan fingerprint density at radius 1 is 1.42 bits per heavy atom. The second-order valence-electron chi connectivity index (χ2n) is 5.76. The first kappa shape index (κ1) is 12.6. The van der Waals surface area contributed by atoms with Crippen molar-refractivity contribution in [3.8, 4) is 0 Å². The van der Waals surface area contributed by atoms with E-state index in [1.165, 1.54) is 0 Å². The Balaban J connectivity index is 1.69. The molecule has 4 nitrogen and oxygen atoms in total. The minimum atomic E-state index is -0.796. The molecular weight excluding hydrogens is 242 g/mol. The Hall–Kier alpha value is -1.39. The van der Waals surface area contributed by atoms with Gasteiger partial charge in [0.2, 0.25) is 5.91 Å². The summed E-state index contributed by atoms with van der Waals surface area (Å²) < 4.78 is 11.9. The van der Waals surface area contributed by atoms with Gasteiger partial charge in [-0.05, 0) is 25.3 Å². The number of rotatable bonds is 4. The number of fused-ring (bicyclic) bond motifs is 2. The van der Waals surface area contributed by atoms with E-state index in [0.29, 0.717) is 19.4 Å². The van der Waals surface area contributed by atoms with Crippen LogP contribution >= 0.6 is 0 Å². The van der Waals surface area contributed by atoms with Crippen molar-refractivity contribution in [1.82, 2.24) is 0 Å². The van der Waals surface area contributed by atoms with E-state index in [0.717, 1.165) is 12.0 Å². The highest BCUT2D eigenvalue weighted by Gasteiger charge is 2.62. The highest BCUT2D eigenvalue weighted by atomic mass is 16.6. The summed E-state index contributed by atoms with van der Waals surface area (Å²) in [5, 5.41) is 0. The van der Waals surface area contributed by atoms with Crippen LogP contribution in [0.4, 0.5) is 0 Å². The minimum Gasteiger partial charge on any atom is -0.370 e. The first-order valence-corrected chi connectivity index (χ1v) is 6.70. The fourth-order valence-electron chi connectivity index (χ4n) is 3.16. The summed E-state index contributed by atoms with van der Waals surface area (Å²) in [6.07, 6.45) is 2.06. The van der Waals surface area contributed by atoms with Gasteiger partial charge in [0.25, 0.3) is 0 Å². The predicted octanol–water partition coefficient (Wildman–Crippen LogP) is 1.77. The van der Waals surface area contributed by atoms with Crippen LogP contribution < -0.4 is 5.73 Å². The number of primary amides is 1. The molecule has 3 atom stereocenters. The van der Waals surface area contributed by atoms with Crippen LogP contribution in [0.1, 0.15) is 31.7 Å². The van der Waals surface area contributed by atoms with E-state index in [-0.39, 0.29) is 17.6 Å². The molecule has 2 fully saturated rings. The van der Waals surface area contributed by atoms with Crippen molar-refractivity contribution < 1.29 is 14.3 Å². The van der Waals surface area contributed by atoms with Crippen LogP contribution in [0.15, 0.2) is 30.3 Å². The Labute approximate surface area is 112 Å². The minimum absolute atomic E-state index is 0.0612. The quantitative estimate of drug-likeness (QED) is 0.898. The van der Waals surface area contributed by atoms with E-state index < -0.39 is 5.60 Å². The van der Waals surface area contributed by atoms with Crippen molar-refractivity contribution in [2.45, 2.75) is 50.1 Å². The normalized spacial score (nSPS) is 36.6. The molecule has 2 saturated heterocycles. The first-order valence-electron chi connectivity index (χ1n) is 6.70. The molecular formula is C15H19NO3. The molecule has 3 rings (SSSR count). The lowest BCUT2D eigenvalue weighted by atomic mass is 9.80. The van der Waals surface area contributed by atoms with Crippen LogP contribution in [-0.4, -0.2) is 23.2 Å². The molecule has 0 aliphatic carbocycles. The number of ether oxygens (including phenoxy) is 2. The SMILES string of the molecule is CC12CCC(C(N)=O)(CC1OCc1ccccc1)O2. The number of carbonyl (C=O) groups excluding carboxylic acids is 1. The smallest absolute Gasteiger partial charge is 0.249 e. The van der Waals surface area contributed by atoms with Gasteiger partial charge >= 0.3 is 0 Å². The van der Waals surface area contributed by atoms with Gasteiger partial charge in [0.1, 0.15) is 5.60 Å². The summed E-state index contributed by atoms with van der Waals surface area (Å²) in [5.74, 6) is -0.359. The van der Waals surface area contributed by atoms with Gasteiger partial charge in [-0.1, -0.05) is 30.3 Å². The fraction of sp³-hybridized carbons (Fsp3) is 0.533.